The number of aromatic nitrogens is 2. The van der Waals surface area contributed by atoms with Gasteiger partial charge in [-0.25, -0.2) is 4.98 Å². The number of nitrogens with zero attached hydrogens (tertiary/aromatic N) is 6. The molecule has 0 bridgehead atoms. The van der Waals surface area contributed by atoms with Crippen molar-refractivity contribution < 1.29 is 4.79 Å². The van der Waals surface area contributed by atoms with Crippen molar-refractivity contribution in [3.05, 3.63) is 77.4 Å². The summed E-state index contributed by atoms with van der Waals surface area (Å²) in [5, 5.41) is 10.2. The van der Waals surface area contributed by atoms with E-state index in [4.69, 9.17) is 22.3 Å². The lowest BCUT2D eigenvalue weighted by Gasteiger charge is -2.36. The third-order valence-electron chi connectivity index (χ3n) is 5.89. The average molecular weight is 476 g/mol. The van der Waals surface area contributed by atoms with Crippen LogP contribution >= 0.6 is 11.6 Å². The first-order chi connectivity index (χ1) is 16.5. The highest BCUT2D eigenvalue weighted by atomic mass is 35.5. The summed E-state index contributed by atoms with van der Waals surface area (Å²) in [7, 11) is 0. The van der Waals surface area contributed by atoms with Crippen molar-refractivity contribution in [1.29, 1.82) is 5.26 Å². The van der Waals surface area contributed by atoms with Gasteiger partial charge in [-0.3, -0.25) is 4.79 Å². The largest absolute Gasteiger partial charge is 0.368 e. The van der Waals surface area contributed by atoms with Gasteiger partial charge in [0.05, 0.1) is 6.07 Å². The van der Waals surface area contributed by atoms with Gasteiger partial charge < -0.3 is 20.4 Å². The minimum Gasteiger partial charge on any atom is -0.368 e. The van der Waals surface area contributed by atoms with Gasteiger partial charge in [-0.15, -0.1) is 0 Å². The van der Waals surface area contributed by atoms with Crippen LogP contribution in [0, 0.1) is 11.3 Å². The molecule has 34 heavy (non-hydrogen) atoms. The first-order valence-electron chi connectivity index (χ1n) is 11.1. The summed E-state index contributed by atoms with van der Waals surface area (Å²) in [6.45, 7) is 3.10. The summed E-state index contributed by atoms with van der Waals surface area (Å²) >= 11 is 6.01. The molecule has 0 aliphatic carbocycles. The summed E-state index contributed by atoms with van der Waals surface area (Å²) in [4.78, 5) is 27.6. The molecule has 2 aromatic carbocycles. The number of carbonyl (C=O) groups is 1. The number of hydrogen-bond donors (Lipinski definition) is 1. The van der Waals surface area contributed by atoms with Gasteiger partial charge in [0.1, 0.15) is 18.4 Å². The Kier molecular flexibility index (Phi) is 7.45. The molecule has 0 radical (unpaired) electrons. The van der Waals surface area contributed by atoms with Crippen LogP contribution in [0.15, 0.2) is 66.9 Å². The molecule has 1 aliphatic rings. The van der Waals surface area contributed by atoms with E-state index in [1.54, 1.807) is 17.2 Å². The third-order valence-corrected chi connectivity index (χ3v) is 6.15. The van der Waals surface area contributed by atoms with Crippen LogP contribution in [0.4, 0.5) is 17.5 Å². The lowest BCUT2D eigenvalue weighted by molar-refractivity contribution is -0.119. The molecule has 0 unspecified atom stereocenters. The Bertz CT molecular complexity index is 1140. The molecule has 1 saturated heterocycles. The Morgan fingerprint density at radius 3 is 2.38 bits per heavy atom. The van der Waals surface area contributed by atoms with Gasteiger partial charge in [0.2, 0.25) is 11.9 Å². The molecular formula is C25H26ClN7O. The Labute approximate surface area is 204 Å². The van der Waals surface area contributed by atoms with Crippen LogP contribution in [0.5, 0.6) is 0 Å². The van der Waals surface area contributed by atoms with Crippen LogP contribution in [-0.4, -0.2) is 54.6 Å². The SMILES string of the molecule is N#CCN(c1ccnc(N2CCN(c3ccc(Cl)cc3)CC2)n1)[C@@H](Cc1ccccc1)C(N)=O. The van der Waals surface area contributed by atoms with Gasteiger partial charge in [0.15, 0.2) is 0 Å². The predicted octanol–water partition coefficient (Wildman–Crippen LogP) is 2.88. The zero-order valence-corrected chi connectivity index (χ0v) is 19.5. The zero-order valence-electron chi connectivity index (χ0n) is 18.7. The molecule has 0 spiro atoms. The number of hydrogen-bond acceptors (Lipinski definition) is 7. The van der Waals surface area contributed by atoms with E-state index in [1.165, 1.54) is 0 Å². The molecule has 1 fully saturated rings. The zero-order chi connectivity index (χ0) is 23.9. The Hall–Kier alpha value is -3.83. The highest BCUT2D eigenvalue weighted by Gasteiger charge is 2.27. The molecule has 2 N–H and O–H groups in total. The first kappa shape index (κ1) is 23.3. The molecule has 2 heterocycles. The molecule has 8 nitrogen and oxygen atoms in total. The van der Waals surface area contributed by atoms with Gasteiger partial charge in [-0.05, 0) is 35.9 Å². The predicted molar refractivity (Wildman–Crippen MR) is 134 cm³/mol. The normalized spacial score (nSPS) is 14.4. The number of anilines is 3. The van der Waals surface area contributed by atoms with Crippen LogP contribution in [0.2, 0.25) is 5.02 Å². The number of piperazine rings is 1. The summed E-state index contributed by atoms with van der Waals surface area (Å²) in [5.41, 5.74) is 7.85. The number of primary amides is 1. The summed E-state index contributed by atoms with van der Waals surface area (Å²) in [6, 6.07) is 20.6. The molecule has 1 aromatic heterocycles. The Balaban J connectivity index is 1.50. The van der Waals surface area contributed by atoms with Crippen molar-refractivity contribution in [2.45, 2.75) is 12.5 Å². The maximum Gasteiger partial charge on any atom is 0.240 e. The van der Waals surface area contributed by atoms with Crippen molar-refractivity contribution in [3.63, 3.8) is 0 Å². The standard InChI is InChI=1S/C25H26ClN7O/c26-20-6-8-21(9-7-20)31-14-16-32(17-15-31)25-29-12-10-23(30-25)33(13-11-27)22(24(28)34)18-19-4-2-1-3-5-19/h1-10,12,22H,13-18H2,(H2,28,34)/t22-/m0/s1. The Morgan fingerprint density at radius 1 is 1.06 bits per heavy atom. The highest BCUT2D eigenvalue weighted by molar-refractivity contribution is 6.30. The van der Waals surface area contributed by atoms with Gasteiger partial charge in [0.25, 0.3) is 0 Å². The molecule has 0 saturated carbocycles. The fourth-order valence-electron chi connectivity index (χ4n) is 4.10. The monoisotopic (exact) mass is 475 g/mol. The molecule has 1 atom stereocenters. The number of nitrogens with two attached hydrogens (primary N) is 1. The summed E-state index contributed by atoms with van der Waals surface area (Å²) in [6.07, 6.45) is 2.05. The van der Waals surface area contributed by atoms with Crippen LogP contribution in [0.3, 0.4) is 0 Å². The maximum atomic E-state index is 12.4. The minimum atomic E-state index is -0.702. The van der Waals surface area contributed by atoms with Crippen LogP contribution in [0.1, 0.15) is 5.56 Å². The van der Waals surface area contributed by atoms with Crippen molar-refractivity contribution >= 4 is 35.0 Å². The van der Waals surface area contributed by atoms with E-state index in [1.807, 2.05) is 54.6 Å². The van der Waals surface area contributed by atoms with Crippen LogP contribution in [-0.2, 0) is 11.2 Å². The fourth-order valence-corrected chi connectivity index (χ4v) is 4.22. The molecule has 1 aliphatic heterocycles. The molecule has 4 rings (SSSR count). The van der Waals surface area contributed by atoms with Crippen molar-refractivity contribution in [2.24, 2.45) is 5.73 Å². The Morgan fingerprint density at radius 2 is 1.74 bits per heavy atom. The average Bonchev–Trinajstić information content (AvgIpc) is 2.87. The smallest absolute Gasteiger partial charge is 0.240 e. The van der Waals surface area contributed by atoms with Gasteiger partial charge in [-0.2, -0.15) is 10.2 Å². The van der Waals surface area contributed by atoms with E-state index in [9.17, 15) is 10.1 Å². The molecule has 9 heteroatoms. The van der Waals surface area contributed by atoms with E-state index in [-0.39, 0.29) is 6.54 Å². The number of carbonyl (C=O) groups excluding carboxylic acids is 1. The number of rotatable bonds is 8. The second-order valence-electron chi connectivity index (χ2n) is 8.06. The maximum absolute atomic E-state index is 12.4. The number of benzene rings is 2. The molecule has 3 aromatic rings. The number of amides is 1. The third kappa shape index (κ3) is 5.56. The van der Waals surface area contributed by atoms with Crippen molar-refractivity contribution in [3.8, 4) is 6.07 Å². The highest BCUT2D eigenvalue weighted by Crippen LogP contribution is 2.23. The van der Waals surface area contributed by atoms with E-state index < -0.39 is 11.9 Å². The summed E-state index contributed by atoms with van der Waals surface area (Å²) < 4.78 is 0. The van der Waals surface area contributed by atoms with E-state index >= 15 is 0 Å². The van der Waals surface area contributed by atoms with Gasteiger partial charge in [-0.1, -0.05) is 41.9 Å². The minimum absolute atomic E-state index is 0.0127. The van der Waals surface area contributed by atoms with Gasteiger partial charge in [0, 0.05) is 49.5 Å². The topological polar surface area (TPSA) is 102 Å². The summed E-state index contributed by atoms with van der Waals surface area (Å²) in [5.74, 6) is 0.571. The van der Waals surface area contributed by atoms with Crippen molar-refractivity contribution in [2.75, 3.05) is 47.4 Å². The first-order valence-corrected chi connectivity index (χ1v) is 11.5. The van der Waals surface area contributed by atoms with E-state index in [0.717, 1.165) is 42.5 Å². The molecular weight excluding hydrogens is 450 g/mol. The number of nitriles is 1. The molecule has 1 amide bonds. The lowest BCUT2D eigenvalue weighted by atomic mass is 10.0. The second kappa shape index (κ2) is 10.9. The second-order valence-corrected chi connectivity index (χ2v) is 8.50. The van der Waals surface area contributed by atoms with Crippen LogP contribution in [0.25, 0.3) is 0 Å². The van der Waals surface area contributed by atoms with E-state index in [0.29, 0.717) is 18.2 Å². The molecule has 174 valence electrons. The quantitative estimate of drug-likeness (QED) is 0.499. The van der Waals surface area contributed by atoms with Crippen LogP contribution < -0.4 is 20.4 Å². The van der Waals surface area contributed by atoms with Crippen molar-refractivity contribution in [1.82, 2.24) is 9.97 Å². The number of halogens is 1. The van der Waals surface area contributed by atoms with E-state index in [2.05, 4.69) is 20.9 Å². The fraction of sp³-hybridized carbons (Fsp3) is 0.280. The van der Waals surface area contributed by atoms with Gasteiger partial charge >= 0.3 is 0 Å². The lowest BCUT2D eigenvalue weighted by Crippen LogP contribution is -2.48.